The number of hydrogen-bond acceptors (Lipinski definition) is 0. The van der Waals surface area contributed by atoms with Crippen molar-refractivity contribution in [1.82, 2.24) is 4.98 Å². The first-order chi connectivity index (χ1) is 6.45. The van der Waals surface area contributed by atoms with Gasteiger partial charge in [0.25, 0.3) is 0 Å². The van der Waals surface area contributed by atoms with Crippen LogP contribution in [0.3, 0.4) is 0 Å². The van der Waals surface area contributed by atoms with Gasteiger partial charge in [-0.05, 0) is 0 Å². The van der Waals surface area contributed by atoms with Crippen LogP contribution in [0.5, 0.6) is 0 Å². The zero-order chi connectivity index (χ0) is 8.67. The molecule has 1 N–H and O–H groups in total. The van der Waals surface area contributed by atoms with Crippen LogP contribution in [0.2, 0.25) is 0 Å². The molecule has 1 nitrogen and oxygen atoms in total. The van der Waals surface area contributed by atoms with Gasteiger partial charge >= 0.3 is 76.0 Å². The van der Waals surface area contributed by atoms with E-state index in [1.54, 1.807) is 0 Å². The monoisotopic (exact) mass is 165 g/mol. The summed E-state index contributed by atoms with van der Waals surface area (Å²) in [6.07, 6.45) is 0. The summed E-state index contributed by atoms with van der Waals surface area (Å²) in [5, 5.41) is 2.61. The molecule has 13 heavy (non-hydrogen) atoms. The second-order valence-electron chi connectivity index (χ2n) is 3.22. The van der Waals surface area contributed by atoms with E-state index in [9.17, 15) is 0 Å². The second-order valence-corrected chi connectivity index (χ2v) is 3.22. The van der Waals surface area contributed by atoms with Gasteiger partial charge in [0.05, 0.1) is 0 Å². The third kappa shape index (κ3) is 0.918. The van der Waals surface area contributed by atoms with Crippen molar-refractivity contribution in [2.24, 2.45) is 0 Å². The topological polar surface area (TPSA) is 15.8 Å². The standard InChI is InChI=1S/C11H8BN/c1-2-6-10-8(4-1)9-5-3-7-12-11(9)13-10/h1-7,13H. The normalized spacial score (nSPS) is 10.8. The molecule has 0 saturated carbocycles. The molecule has 2 heteroatoms. The molecular weight excluding hydrogens is 157 g/mol. The van der Waals surface area contributed by atoms with E-state index in [2.05, 4.69) is 54.3 Å². The number of H-pyrrole nitrogens is 1. The number of benzene rings is 1. The van der Waals surface area contributed by atoms with E-state index in [1.165, 1.54) is 21.7 Å². The van der Waals surface area contributed by atoms with E-state index in [0.717, 1.165) is 0 Å². The van der Waals surface area contributed by atoms with Crippen LogP contribution in [0.1, 0.15) is 0 Å². The van der Waals surface area contributed by atoms with Gasteiger partial charge in [-0.1, -0.05) is 0 Å². The van der Waals surface area contributed by atoms with Gasteiger partial charge in [0, 0.05) is 0 Å². The van der Waals surface area contributed by atoms with Crippen LogP contribution >= 0.6 is 0 Å². The predicted molar refractivity (Wildman–Crippen MR) is 57.2 cm³/mol. The summed E-state index contributed by atoms with van der Waals surface area (Å²) >= 11 is 0. The molecule has 0 saturated heterocycles. The second kappa shape index (κ2) is 2.46. The Morgan fingerprint density at radius 2 is 1.77 bits per heavy atom. The Hall–Kier alpha value is -1.57. The predicted octanol–water partition coefficient (Wildman–Crippen LogP) is 2.66. The summed E-state index contributed by atoms with van der Waals surface area (Å²) in [7, 11) is 0. The molecule has 0 amide bonds. The number of rotatable bonds is 0. The molecule has 0 aliphatic rings. The van der Waals surface area contributed by atoms with Crippen molar-refractivity contribution < 1.29 is 0 Å². The van der Waals surface area contributed by atoms with Crippen molar-refractivity contribution in [3.8, 4) is 0 Å². The Bertz CT molecular complexity index is 518. The molecule has 0 atom stereocenters. The van der Waals surface area contributed by atoms with Crippen molar-refractivity contribution >= 4 is 28.6 Å². The molecule has 0 aliphatic carbocycles. The van der Waals surface area contributed by atoms with Gasteiger partial charge in [-0.25, -0.2) is 0 Å². The molecule has 0 aliphatic heterocycles. The summed E-state index contributed by atoms with van der Waals surface area (Å²) in [5.74, 6) is 2.05. The summed E-state index contributed by atoms with van der Waals surface area (Å²) in [5.41, 5.74) is 2.42. The van der Waals surface area contributed by atoms with E-state index >= 15 is 0 Å². The molecule has 60 valence electrons. The van der Waals surface area contributed by atoms with Crippen LogP contribution in [-0.4, -0.2) is 11.9 Å². The Kier molecular flexibility index (Phi) is 1.30. The molecule has 0 fully saturated rings. The number of nitrogens with one attached hydrogen (secondary N) is 1. The van der Waals surface area contributed by atoms with Crippen molar-refractivity contribution in [3.05, 3.63) is 42.4 Å². The van der Waals surface area contributed by atoms with Crippen molar-refractivity contribution in [2.45, 2.75) is 0 Å². The quantitative estimate of drug-likeness (QED) is 0.527. The zero-order valence-corrected chi connectivity index (χ0v) is 7.12. The summed E-state index contributed by atoms with van der Waals surface area (Å²) in [6, 6.07) is 12.6. The van der Waals surface area contributed by atoms with Crippen molar-refractivity contribution in [3.63, 3.8) is 0 Å². The molecule has 0 spiro atoms. The number of fused-ring (bicyclic) bond motifs is 3. The van der Waals surface area contributed by atoms with Crippen LogP contribution in [0, 0.1) is 0 Å². The number of hydrogen-bond donors (Lipinski definition) is 1. The van der Waals surface area contributed by atoms with E-state index in [4.69, 9.17) is 0 Å². The van der Waals surface area contributed by atoms with E-state index in [-0.39, 0.29) is 0 Å². The van der Waals surface area contributed by atoms with Gasteiger partial charge in [-0.15, -0.1) is 0 Å². The first kappa shape index (κ1) is 6.90. The Morgan fingerprint density at radius 1 is 0.923 bits per heavy atom. The molecule has 0 unspecified atom stereocenters. The van der Waals surface area contributed by atoms with Crippen molar-refractivity contribution in [1.29, 1.82) is 0 Å². The number of aromatic nitrogens is 1. The summed E-state index contributed by atoms with van der Waals surface area (Å²) in [6.45, 7) is 2.11. The number of aromatic amines is 1. The molecule has 0 bridgehead atoms. The number of para-hydroxylation sites is 1. The molecule has 0 radical (unpaired) electrons. The third-order valence-corrected chi connectivity index (χ3v) is 2.41. The molecule has 2 aromatic heterocycles. The Balaban J connectivity index is 2.64. The molecule has 3 rings (SSSR count). The summed E-state index contributed by atoms with van der Waals surface area (Å²) in [4.78, 5) is 3.38. The fourth-order valence-electron chi connectivity index (χ4n) is 1.80. The third-order valence-electron chi connectivity index (χ3n) is 2.41. The fraction of sp³-hybridized carbons (Fsp3) is 0. The van der Waals surface area contributed by atoms with E-state index in [1.807, 2.05) is 0 Å². The first-order valence-corrected chi connectivity index (χ1v) is 4.40. The minimum atomic E-state index is 1.21. The molecule has 1 aromatic carbocycles. The van der Waals surface area contributed by atoms with Gasteiger partial charge in [0.1, 0.15) is 0 Å². The van der Waals surface area contributed by atoms with Gasteiger partial charge in [0.15, 0.2) is 0 Å². The molecule has 3 aromatic rings. The maximum atomic E-state index is 3.38. The van der Waals surface area contributed by atoms with Crippen molar-refractivity contribution in [2.75, 3.05) is 0 Å². The van der Waals surface area contributed by atoms with Crippen LogP contribution in [0.15, 0.2) is 42.4 Å². The van der Waals surface area contributed by atoms with E-state index < -0.39 is 0 Å². The SMILES string of the molecule is b1cccc2c1[nH]c1ccccc12. The van der Waals surface area contributed by atoms with Crippen LogP contribution in [-0.2, 0) is 0 Å². The van der Waals surface area contributed by atoms with Crippen LogP contribution < -0.4 is 0 Å². The minimum absolute atomic E-state index is 1.21. The summed E-state index contributed by atoms with van der Waals surface area (Å²) < 4.78 is 0. The first-order valence-electron chi connectivity index (χ1n) is 4.40. The zero-order valence-electron chi connectivity index (χ0n) is 7.12. The average molecular weight is 165 g/mol. The van der Waals surface area contributed by atoms with E-state index in [0.29, 0.717) is 0 Å². The van der Waals surface area contributed by atoms with Gasteiger partial charge in [-0.3, -0.25) is 0 Å². The van der Waals surface area contributed by atoms with Crippen LogP contribution in [0.4, 0.5) is 0 Å². The van der Waals surface area contributed by atoms with Gasteiger partial charge in [-0.2, -0.15) is 0 Å². The Labute approximate surface area is 76.6 Å². The maximum absolute atomic E-state index is 3.38. The Morgan fingerprint density at radius 3 is 2.77 bits per heavy atom. The average Bonchev–Trinajstić information content (AvgIpc) is 2.56. The van der Waals surface area contributed by atoms with Crippen LogP contribution in [0.25, 0.3) is 21.7 Å². The van der Waals surface area contributed by atoms with Gasteiger partial charge < -0.3 is 0 Å². The molecule has 2 heterocycles. The van der Waals surface area contributed by atoms with Gasteiger partial charge in [0.2, 0.25) is 0 Å². The fourth-order valence-corrected chi connectivity index (χ4v) is 1.80. The molecular formula is C11H8BN.